The maximum Gasteiger partial charge on any atom is 0.408 e. The number of esters is 1. The monoisotopic (exact) mass is 611 g/mol. The Balaban J connectivity index is 2.54. The molecule has 0 heterocycles. The summed E-state index contributed by atoms with van der Waals surface area (Å²) in [5, 5.41) is 15.8. The van der Waals surface area contributed by atoms with Crippen molar-refractivity contribution in [2.75, 3.05) is 6.54 Å². The van der Waals surface area contributed by atoms with Gasteiger partial charge in [-0.25, -0.2) is 9.59 Å². The molecule has 0 radical (unpaired) electrons. The Kier molecular flexibility index (Phi) is 12.8. The number of carbonyl (C=O) groups excluding carboxylic acids is 4. The van der Waals surface area contributed by atoms with E-state index < -0.39 is 53.2 Å². The molecular formula is C34H49N3O7. The van der Waals surface area contributed by atoms with Gasteiger partial charge in [-0.1, -0.05) is 62.7 Å². The first kappa shape index (κ1) is 36.1. The molecule has 3 amide bonds. The Morgan fingerprint density at radius 3 is 2.00 bits per heavy atom. The summed E-state index contributed by atoms with van der Waals surface area (Å²) in [6, 6.07) is 12.0. The van der Waals surface area contributed by atoms with Gasteiger partial charge in [0.05, 0.1) is 0 Å². The van der Waals surface area contributed by atoms with E-state index in [-0.39, 0.29) is 24.6 Å². The molecule has 0 spiro atoms. The maximum absolute atomic E-state index is 14.2. The number of hydrogen-bond donors (Lipinski definition) is 3. The van der Waals surface area contributed by atoms with Crippen LogP contribution >= 0.6 is 0 Å². The van der Waals surface area contributed by atoms with Gasteiger partial charge >= 0.3 is 12.1 Å². The summed E-state index contributed by atoms with van der Waals surface area (Å²) in [4.78, 5) is 55.8. The second kappa shape index (κ2) is 15.6. The van der Waals surface area contributed by atoms with E-state index in [9.17, 15) is 24.3 Å². The van der Waals surface area contributed by atoms with Gasteiger partial charge in [0, 0.05) is 13.0 Å². The molecule has 2 rings (SSSR count). The van der Waals surface area contributed by atoms with E-state index in [1.54, 1.807) is 60.6 Å². The van der Waals surface area contributed by atoms with Crippen LogP contribution in [0.25, 0.3) is 0 Å². The standard InChI is InChI=1S/C34H49N3O7/c1-10-22(3)27(36-32(42)44-34(7,8)9)30(40)37(11-2)28(24-18-15-19-25(38)21-24)29(39)35-26(31(41)43-33(4,5)6)20-23-16-13-12-14-17-23/h12-19,21-22,26-28,38H,10-11,20H2,1-9H3,(H,35,39)(H,36,42). The zero-order chi connectivity index (χ0) is 33.2. The van der Waals surface area contributed by atoms with Crippen molar-refractivity contribution < 1.29 is 33.8 Å². The van der Waals surface area contributed by atoms with Crippen LogP contribution in [0, 0.1) is 5.92 Å². The molecule has 0 aliphatic heterocycles. The lowest BCUT2D eigenvalue weighted by molar-refractivity contribution is -0.159. The van der Waals surface area contributed by atoms with Crippen LogP contribution in [0.2, 0.25) is 0 Å². The number of ether oxygens (including phenoxy) is 2. The summed E-state index contributed by atoms with van der Waals surface area (Å²) in [6.45, 7) is 15.9. The predicted octanol–water partition coefficient (Wildman–Crippen LogP) is 5.29. The smallest absolute Gasteiger partial charge is 0.408 e. The van der Waals surface area contributed by atoms with Crippen molar-refractivity contribution in [1.29, 1.82) is 0 Å². The number of benzene rings is 2. The van der Waals surface area contributed by atoms with Crippen molar-refractivity contribution in [2.45, 2.75) is 104 Å². The average Bonchev–Trinajstić information content (AvgIpc) is 2.92. The van der Waals surface area contributed by atoms with Crippen LogP contribution in [0.5, 0.6) is 5.75 Å². The lowest BCUT2D eigenvalue weighted by Crippen LogP contribution is -2.56. The van der Waals surface area contributed by atoms with Gasteiger partial charge in [-0.2, -0.15) is 0 Å². The van der Waals surface area contributed by atoms with Crippen molar-refractivity contribution in [2.24, 2.45) is 5.92 Å². The minimum Gasteiger partial charge on any atom is -0.508 e. The van der Waals surface area contributed by atoms with Gasteiger partial charge in [-0.3, -0.25) is 9.59 Å². The van der Waals surface area contributed by atoms with Crippen LogP contribution < -0.4 is 10.6 Å². The SMILES string of the molecule is CCC(C)C(NC(=O)OC(C)(C)C)C(=O)N(CC)C(C(=O)NC(Cc1ccccc1)C(=O)OC(C)(C)C)c1cccc(O)c1. The number of alkyl carbamates (subject to hydrolysis) is 1. The number of phenolic OH excluding ortho intramolecular Hbond substituents is 1. The van der Waals surface area contributed by atoms with Crippen LogP contribution in [-0.2, 0) is 30.3 Å². The number of nitrogens with zero attached hydrogens (tertiary/aromatic N) is 1. The number of carbonyl (C=O) groups is 4. The van der Waals surface area contributed by atoms with Crippen molar-refractivity contribution in [3.63, 3.8) is 0 Å². The fourth-order valence-corrected chi connectivity index (χ4v) is 4.60. The summed E-state index contributed by atoms with van der Waals surface area (Å²) in [5.74, 6) is -2.17. The summed E-state index contributed by atoms with van der Waals surface area (Å²) in [6.07, 6.45) is -0.0346. The number of aromatic hydroxyl groups is 1. The molecule has 4 unspecified atom stereocenters. The molecule has 0 aliphatic rings. The highest BCUT2D eigenvalue weighted by molar-refractivity contribution is 5.94. The molecule has 0 saturated carbocycles. The third kappa shape index (κ3) is 11.2. The predicted molar refractivity (Wildman–Crippen MR) is 169 cm³/mol. The van der Waals surface area contributed by atoms with Crippen molar-refractivity contribution in [3.8, 4) is 5.75 Å². The first-order chi connectivity index (χ1) is 20.5. The third-order valence-electron chi connectivity index (χ3n) is 6.81. The Labute approximate surface area is 261 Å². The second-order valence-corrected chi connectivity index (χ2v) is 12.9. The molecule has 242 valence electrons. The summed E-state index contributed by atoms with van der Waals surface area (Å²) >= 11 is 0. The van der Waals surface area contributed by atoms with Gasteiger partial charge in [0.25, 0.3) is 0 Å². The van der Waals surface area contributed by atoms with Crippen molar-refractivity contribution in [3.05, 3.63) is 65.7 Å². The number of nitrogens with one attached hydrogen (secondary N) is 2. The van der Waals surface area contributed by atoms with Crippen LogP contribution in [0.4, 0.5) is 4.79 Å². The molecular weight excluding hydrogens is 562 g/mol. The number of likely N-dealkylation sites (N-methyl/N-ethyl adjacent to an activating group) is 1. The van der Waals surface area contributed by atoms with E-state index in [1.807, 2.05) is 44.2 Å². The third-order valence-corrected chi connectivity index (χ3v) is 6.81. The molecule has 2 aromatic carbocycles. The first-order valence-electron chi connectivity index (χ1n) is 15.1. The fourth-order valence-electron chi connectivity index (χ4n) is 4.60. The highest BCUT2D eigenvalue weighted by Gasteiger charge is 2.39. The quantitative estimate of drug-likeness (QED) is 0.278. The normalized spacial score (nSPS) is 14.4. The molecule has 2 aromatic rings. The van der Waals surface area contributed by atoms with Crippen LogP contribution in [-0.4, -0.2) is 63.7 Å². The highest BCUT2D eigenvalue weighted by atomic mass is 16.6. The number of phenols is 1. The molecule has 44 heavy (non-hydrogen) atoms. The molecule has 0 saturated heterocycles. The average molecular weight is 612 g/mol. The molecule has 4 atom stereocenters. The molecule has 10 nitrogen and oxygen atoms in total. The lowest BCUT2D eigenvalue weighted by atomic mass is 9.95. The zero-order valence-corrected chi connectivity index (χ0v) is 27.5. The number of hydrogen-bond acceptors (Lipinski definition) is 7. The maximum atomic E-state index is 14.2. The summed E-state index contributed by atoms with van der Waals surface area (Å²) in [7, 11) is 0. The zero-order valence-electron chi connectivity index (χ0n) is 27.5. The first-order valence-corrected chi connectivity index (χ1v) is 15.1. The number of amides is 3. The molecule has 0 bridgehead atoms. The molecule has 3 N–H and O–H groups in total. The Morgan fingerprint density at radius 2 is 1.48 bits per heavy atom. The lowest BCUT2D eigenvalue weighted by Gasteiger charge is -2.36. The summed E-state index contributed by atoms with van der Waals surface area (Å²) < 4.78 is 11.1. The fraction of sp³-hybridized carbons (Fsp3) is 0.529. The second-order valence-electron chi connectivity index (χ2n) is 12.9. The van der Waals surface area contributed by atoms with Crippen LogP contribution in [0.1, 0.15) is 85.9 Å². The largest absolute Gasteiger partial charge is 0.508 e. The minimum atomic E-state index is -1.24. The van der Waals surface area contributed by atoms with Gasteiger partial charge in [0.2, 0.25) is 11.8 Å². The van der Waals surface area contributed by atoms with Gasteiger partial charge in [0.1, 0.15) is 35.1 Å². The van der Waals surface area contributed by atoms with Gasteiger partial charge in [-0.05, 0) is 77.6 Å². The van der Waals surface area contributed by atoms with Gasteiger partial charge in [-0.15, -0.1) is 0 Å². The van der Waals surface area contributed by atoms with Crippen LogP contribution in [0.3, 0.4) is 0 Å². The number of rotatable bonds is 12. The van der Waals surface area contributed by atoms with Crippen molar-refractivity contribution in [1.82, 2.24) is 15.5 Å². The van der Waals surface area contributed by atoms with Gasteiger partial charge < -0.3 is 30.1 Å². The minimum absolute atomic E-state index is 0.0886. The van der Waals surface area contributed by atoms with E-state index in [4.69, 9.17) is 9.47 Å². The molecule has 10 heteroatoms. The molecule has 0 aromatic heterocycles. The van der Waals surface area contributed by atoms with Crippen molar-refractivity contribution >= 4 is 23.9 Å². The molecule has 0 fully saturated rings. The Hall–Kier alpha value is -4.08. The van der Waals surface area contributed by atoms with Gasteiger partial charge in [0.15, 0.2) is 0 Å². The van der Waals surface area contributed by atoms with Crippen LogP contribution in [0.15, 0.2) is 54.6 Å². The van der Waals surface area contributed by atoms with E-state index in [1.165, 1.54) is 17.0 Å². The van der Waals surface area contributed by atoms with E-state index in [2.05, 4.69) is 10.6 Å². The highest BCUT2D eigenvalue weighted by Crippen LogP contribution is 2.27. The van der Waals surface area contributed by atoms with E-state index in [0.29, 0.717) is 12.0 Å². The molecule has 0 aliphatic carbocycles. The van der Waals surface area contributed by atoms with E-state index >= 15 is 0 Å². The Bertz CT molecular complexity index is 1270. The topological polar surface area (TPSA) is 134 Å². The summed E-state index contributed by atoms with van der Waals surface area (Å²) in [5.41, 5.74) is -0.444. The van der Waals surface area contributed by atoms with E-state index in [0.717, 1.165) is 5.56 Å². The Morgan fingerprint density at radius 1 is 0.864 bits per heavy atom.